The van der Waals surface area contributed by atoms with E-state index in [9.17, 15) is 4.79 Å². The second-order valence-electron chi connectivity index (χ2n) is 5.20. The first kappa shape index (κ1) is 13.4. The van der Waals surface area contributed by atoms with Crippen molar-refractivity contribution in [2.45, 2.75) is 38.1 Å². The highest BCUT2D eigenvalue weighted by atomic mass is 32.2. The first-order chi connectivity index (χ1) is 9.81. The quantitative estimate of drug-likeness (QED) is 0.844. The van der Waals surface area contributed by atoms with E-state index in [1.54, 1.807) is 0 Å². The number of hydrogen-bond acceptors (Lipinski definition) is 3. The van der Waals surface area contributed by atoms with Crippen LogP contribution in [0.3, 0.4) is 0 Å². The Kier molecular flexibility index (Phi) is 4.21. The molecule has 0 spiro atoms. The largest absolute Gasteiger partial charge is 0.301 e. The highest BCUT2D eigenvalue weighted by Crippen LogP contribution is 2.28. The summed E-state index contributed by atoms with van der Waals surface area (Å²) in [5.74, 6) is -0.0339. The summed E-state index contributed by atoms with van der Waals surface area (Å²) in [4.78, 5) is 17.4. The third-order valence-electron chi connectivity index (χ3n) is 3.62. The number of amides is 1. The van der Waals surface area contributed by atoms with Crippen molar-refractivity contribution in [2.24, 2.45) is 4.99 Å². The zero-order chi connectivity index (χ0) is 13.8. The summed E-state index contributed by atoms with van der Waals surface area (Å²) in [7, 11) is 0. The van der Waals surface area contributed by atoms with Crippen LogP contribution < -0.4 is 5.32 Å². The van der Waals surface area contributed by atoms with Crippen molar-refractivity contribution >= 4 is 28.9 Å². The van der Waals surface area contributed by atoms with Gasteiger partial charge in [0.1, 0.15) is 0 Å². The summed E-state index contributed by atoms with van der Waals surface area (Å²) in [6.45, 7) is 0. The lowest BCUT2D eigenvalue weighted by atomic mass is 9.96. The van der Waals surface area contributed by atoms with Crippen LogP contribution in [0.15, 0.2) is 40.2 Å². The molecule has 0 aromatic heterocycles. The van der Waals surface area contributed by atoms with Crippen LogP contribution in [0.2, 0.25) is 0 Å². The number of thioether (sulfide) groups is 1. The van der Waals surface area contributed by atoms with Crippen molar-refractivity contribution in [2.75, 3.05) is 0 Å². The lowest BCUT2D eigenvalue weighted by Crippen LogP contribution is -2.22. The predicted octanol–water partition coefficient (Wildman–Crippen LogP) is 3.58. The Labute approximate surface area is 123 Å². The van der Waals surface area contributed by atoms with Crippen molar-refractivity contribution < 1.29 is 4.79 Å². The number of nitrogens with one attached hydrogen (secondary N) is 1. The van der Waals surface area contributed by atoms with Gasteiger partial charge in [-0.3, -0.25) is 9.79 Å². The summed E-state index contributed by atoms with van der Waals surface area (Å²) < 4.78 is 0. The molecule has 1 aliphatic carbocycles. The first-order valence-electron chi connectivity index (χ1n) is 7.15. The van der Waals surface area contributed by atoms with Crippen LogP contribution in [-0.4, -0.2) is 17.1 Å². The van der Waals surface area contributed by atoms with E-state index in [0.717, 1.165) is 28.5 Å². The van der Waals surface area contributed by atoms with Gasteiger partial charge < -0.3 is 5.32 Å². The van der Waals surface area contributed by atoms with Gasteiger partial charge in [-0.05, 0) is 36.2 Å². The molecule has 104 valence electrons. The molecule has 3 rings (SSSR count). The van der Waals surface area contributed by atoms with E-state index in [2.05, 4.69) is 10.3 Å². The van der Waals surface area contributed by atoms with Crippen molar-refractivity contribution in [3.05, 3.63) is 40.8 Å². The van der Waals surface area contributed by atoms with E-state index >= 15 is 0 Å². The molecule has 1 heterocycles. The monoisotopic (exact) mass is 286 g/mol. The Bertz CT molecular complexity index is 545. The Hall–Kier alpha value is -1.55. The third kappa shape index (κ3) is 3.31. The molecular weight excluding hydrogens is 268 g/mol. The Morgan fingerprint density at radius 1 is 1.15 bits per heavy atom. The smallest absolute Gasteiger partial charge is 0.264 e. The lowest BCUT2D eigenvalue weighted by molar-refractivity contribution is -0.115. The first-order valence-corrected chi connectivity index (χ1v) is 7.97. The second-order valence-corrected chi connectivity index (χ2v) is 6.23. The fourth-order valence-corrected chi connectivity index (χ4v) is 3.46. The molecule has 4 heteroatoms. The number of benzene rings is 1. The average molecular weight is 286 g/mol. The molecule has 1 saturated heterocycles. The molecule has 0 unspecified atom stereocenters. The molecule has 0 radical (unpaired) electrons. The molecule has 1 saturated carbocycles. The molecule has 1 aromatic carbocycles. The molecule has 20 heavy (non-hydrogen) atoms. The van der Waals surface area contributed by atoms with Crippen LogP contribution in [0, 0.1) is 0 Å². The highest BCUT2D eigenvalue weighted by molar-refractivity contribution is 8.18. The minimum absolute atomic E-state index is 0.0339. The number of carbonyl (C=O) groups excluding carboxylic acids is 1. The van der Waals surface area contributed by atoms with Crippen LogP contribution in [0.5, 0.6) is 0 Å². The molecule has 1 amide bonds. The van der Waals surface area contributed by atoms with Gasteiger partial charge in [0, 0.05) is 0 Å². The summed E-state index contributed by atoms with van der Waals surface area (Å²) in [5, 5.41) is 3.64. The fraction of sp³-hybridized carbons (Fsp3) is 0.375. The fourth-order valence-electron chi connectivity index (χ4n) is 2.56. The summed E-state index contributed by atoms with van der Waals surface area (Å²) >= 11 is 1.46. The maximum Gasteiger partial charge on any atom is 0.264 e. The molecule has 2 fully saturated rings. The van der Waals surface area contributed by atoms with Gasteiger partial charge in [-0.25, -0.2) is 0 Å². The normalized spacial score (nSPS) is 24.3. The van der Waals surface area contributed by atoms with Gasteiger partial charge in [0.25, 0.3) is 5.91 Å². The van der Waals surface area contributed by atoms with E-state index in [4.69, 9.17) is 0 Å². The third-order valence-corrected chi connectivity index (χ3v) is 4.55. The topological polar surface area (TPSA) is 41.5 Å². The van der Waals surface area contributed by atoms with Gasteiger partial charge in [0.2, 0.25) is 0 Å². The Morgan fingerprint density at radius 2 is 1.90 bits per heavy atom. The second kappa shape index (κ2) is 6.27. The molecule has 2 aliphatic rings. The number of rotatable bonds is 2. The van der Waals surface area contributed by atoms with Gasteiger partial charge in [0.05, 0.1) is 10.9 Å². The predicted molar refractivity (Wildman–Crippen MR) is 84.5 cm³/mol. The summed E-state index contributed by atoms with van der Waals surface area (Å²) in [5.41, 5.74) is 1.05. The number of carbonyl (C=O) groups is 1. The maximum atomic E-state index is 11.9. The van der Waals surface area contributed by atoms with Gasteiger partial charge in [-0.2, -0.15) is 0 Å². The van der Waals surface area contributed by atoms with Gasteiger partial charge >= 0.3 is 0 Å². The number of amidine groups is 1. The van der Waals surface area contributed by atoms with Crippen molar-refractivity contribution in [3.63, 3.8) is 0 Å². The number of hydrogen-bond donors (Lipinski definition) is 1. The molecule has 1 N–H and O–H groups in total. The molecule has 1 aromatic rings. The number of aliphatic imine (C=N–C) groups is 1. The standard InChI is InChI=1S/C16H18N2OS/c19-15-14(11-12-7-3-1-4-8-12)20-16(18-15)17-13-9-5-2-6-10-13/h1,3-4,7-8,11,13H,2,5-6,9-10H2,(H,17,18,19)/b14-11+. The van der Waals surface area contributed by atoms with Crippen LogP contribution in [0.1, 0.15) is 37.7 Å². The van der Waals surface area contributed by atoms with E-state index < -0.39 is 0 Å². The van der Waals surface area contributed by atoms with Crippen molar-refractivity contribution in [1.82, 2.24) is 5.32 Å². The van der Waals surface area contributed by atoms with Crippen LogP contribution >= 0.6 is 11.8 Å². The molecule has 1 aliphatic heterocycles. The Morgan fingerprint density at radius 3 is 2.65 bits per heavy atom. The molecule has 0 atom stereocenters. The summed E-state index contributed by atoms with van der Waals surface area (Å²) in [6.07, 6.45) is 8.05. The van der Waals surface area contributed by atoms with Crippen molar-refractivity contribution in [3.8, 4) is 0 Å². The van der Waals surface area contributed by atoms with Crippen LogP contribution in [-0.2, 0) is 4.79 Å². The van der Waals surface area contributed by atoms with E-state index in [1.165, 1.54) is 31.0 Å². The van der Waals surface area contributed by atoms with Crippen LogP contribution in [0.25, 0.3) is 6.08 Å². The van der Waals surface area contributed by atoms with Gasteiger partial charge in [-0.1, -0.05) is 49.6 Å². The van der Waals surface area contributed by atoms with Gasteiger partial charge in [0.15, 0.2) is 5.17 Å². The number of nitrogens with zero attached hydrogens (tertiary/aromatic N) is 1. The Balaban J connectivity index is 1.72. The maximum absolute atomic E-state index is 11.9. The lowest BCUT2D eigenvalue weighted by Gasteiger charge is -2.17. The minimum Gasteiger partial charge on any atom is -0.301 e. The molecule has 3 nitrogen and oxygen atoms in total. The van der Waals surface area contributed by atoms with E-state index in [1.807, 2.05) is 36.4 Å². The van der Waals surface area contributed by atoms with E-state index in [0.29, 0.717) is 6.04 Å². The summed E-state index contributed by atoms with van der Waals surface area (Å²) in [6, 6.07) is 10.3. The SMILES string of the molecule is O=C1NC(=NC2CCCCC2)S/C1=C/c1ccccc1. The van der Waals surface area contributed by atoms with Gasteiger partial charge in [-0.15, -0.1) is 0 Å². The average Bonchev–Trinajstić information content (AvgIpc) is 2.81. The highest BCUT2D eigenvalue weighted by Gasteiger charge is 2.25. The zero-order valence-electron chi connectivity index (χ0n) is 11.3. The zero-order valence-corrected chi connectivity index (χ0v) is 12.2. The molecular formula is C16H18N2OS. The van der Waals surface area contributed by atoms with Crippen molar-refractivity contribution in [1.29, 1.82) is 0 Å². The minimum atomic E-state index is -0.0339. The molecule has 0 bridgehead atoms. The van der Waals surface area contributed by atoms with Crippen LogP contribution in [0.4, 0.5) is 0 Å². The van der Waals surface area contributed by atoms with E-state index in [-0.39, 0.29) is 5.91 Å².